The van der Waals surface area contributed by atoms with Gasteiger partial charge in [-0.3, -0.25) is 24.0 Å². The number of amides is 6. The molecule has 280 valence electrons. The fourth-order valence-electron chi connectivity index (χ4n) is 6.79. The van der Waals surface area contributed by atoms with E-state index in [1.54, 1.807) is 22.8 Å². The van der Waals surface area contributed by atoms with Crippen LogP contribution in [-0.2, 0) is 23.9 Å². The highest BCUT2D eigenvalue weighted by Crippen LogP contribution is 2.28. The third-order valence-corrected chi connectivity index (χ3v) is 10.2. The van der Waals surface area contributed by atoms with E-state index in [1.165, 1.54) is 11.0 Å². The molecule has 1 aromatic carbocycles. The van der Waals surface area contributed by atoms with Crippen molar-refractivity contribution in [3.05, 3.63) is 35.5 Å². The van der Waals surface area contributed by atoms with E-state index in [9.17, 15) is 28.8 Å². The van der Waals surface area contributed by atoms with Crippen LogP contribution in [0.2, 0.25) is 0 Å². The molecule has 0 bridgehead atoms. The van der Waals surface area contributed by atoms with E-state index in [0.29, 0.717) is 23.9 Å². The van der Waals surface area contributed by atoms with Crippen molar-refractivity contribution in [2.75, 3.05) is 45.9 Å². The number of hydrogen-bond donors (Lipinski definition) is 3. The highest BCUT2D eigenvalue weighted by atomic mass is 16.6. The summed E-state index contributed by atoms with van der Waals surface area (Å²) in [4.78, 5) is 88.1. The molecule has 0 spiro atoms. The zero-order valence-corrected chi connectivity index (χ0v) is 30.0. The van der Waals surface area contributed by atoms with Crippen molar-refractivity contribution in [3.63, 3.8) is 0 Å². The van der Waals surface area contributed by atoms with Gasteiger partial charge in [-0.1, -0.05) is 6.07 Å². The lowest BCUT2D eigenvalue weighted by molar-refractivity contribution is -0.140. The highest BCUT2D eigenvalue weighted by Gasteiger charge is 2.36. The Balaban J connectivity index is 1.16. The molecule has 6 rings (SSSR count). The molecule has 2 aromatic rings. The van der Waals surface area contributed by atoms with Crippen LogP contribution in [0, 0.1) is 6.92 Å². The molecule has 3 N–H and O–H groups in total. The zero-order valence-electron chi connectivity index (χ0n) is 30.0. The summed E-state index contributed by atoms with van der Waals surface area (Å²) in [7, 11) is 0. The van der Waals surface area contributed by atoms with Gasteiger partial charge in [0, 0.05) is 62.7 Å². The smallest absolute Gasteiger partial charge is 0.409 e. The van der Waals surface area contributed by atoms with Gasteiger partial charge in [-0.15, -0.1) is 0 Å². The quantitative estimate of drug-likeness (QED) is 0.279. The van der Waals surface area contributed by atoms with Crippen molar-refractivity contribution in [2.45, 2.75) is 95.8 Å². The van der Waals surface area contributed by atoms with Crippen LogP contribution >= 0.6 is 0 Å². The number of hydrogen-bond acceptors (Lipinski definition) is 9. The molecule has 2 saturated heterocycles. The Kier molecular flexibility index (Phi) is 11.8. The van der Waals surface area contributed by atoms with Crippen LogP contribution in [0.1, 0.15) is 80.8 Å². The molecule has 2 atom stereocenters. The molecule has 2 aliphatic heterocycles. The number of nitrogens with one attached hydrogen (secondary N) is 3. The Labute approximate surface area is 303 Å². The van der Waals surface area contributed by atoms with Crippen molar-refractivity contribution in [2.24, 2.45) is 0 Å². The molecule has 4 fully saturated rings. The molecule has 15 heteroatoms. The predicted molar refractivity (Wildman–Crippen MR) is 189 cm³/mol. The first kappa shape index (κ1) is 36.8. The number of benzene rings is 1. The first-order valence-corrected chi connectivity index (χ1v) is 18.5. The number of rotatable bonds is 13. The van der Waals surface area contributed by atoms with Gasteiger partial charge in [-0.05, 0) is 82.9 Å². The summed E-state index contributed by atoms with van der Waals surface area (Å²) in [5.74, 6) is -1.39. The first-order chi connectivity index (χ1) is 25.1. The van der Waals surface area contributed by atoms with E-state index in [1.807, 2.05) is 19.1 Å². The number of carbonyl (C=O) groups excluding carboxylic acids is 6. The van der Waals surface area contributed by atoms with Gasteiger partial charge in [-0.25, -0.2) is 9.78 Å². The molecule has 52 heavy (non-hydrogen) atoms. The van der Waals surface area contributed by atoms with E-state index < -0.39 is 24.1 Å². The Morgan fingerprint density at radius 1 is 0.885 bits per heavy atom. The lowest BCUT2D eigenvalue weighted by Gasteiger charge is -2.36. The third-order valence-electron chi connectivity index (χ3n) is 10.2. The SMILES string of the molecule is CCOC(=O)N1CCN(C(=O)C(CCC(=O)NC2CC2)NC(=O)c2cc(OCC(=O)N3CCCC3C(=O)NC3CCC3)c3ccc(C)cc3n2)CC1. The maximum Gasteiger partial charge on any atom is 0.409 e. The minimum Gasteiger partial charge on any atom is -0.483 e. The summed E-state index contributed by atoms with van der Waals surface area (Å²) in [6.07, 6.45) is 5.83. The Morgan fingerprint density at radius 2 is 1.62 bits per heavy atom. The number of likely N-dealkylation sites (tertiary alicyclic amines) is 1. The van der Waals surface area contributed by atoms with E-state index in [-0.39, 0.29) is 99.4 Å². The number of carbonyl (C=O) groups is 6. The average molecular weight is 720 g/mol. The topological polar surface area (TPSA) is 180 Å². The maximum atomic E-state index is 13.9. The third kappa shape index (κ3) is 9.09. The van der Waals surface area contributed by atoms with Crippen LogP contribution in [0.5, 0.6) is 5.75 Å². The molecule has 4 aliphatic rings. The van der Waals surface area contributed by atoms with Crippen molar-refractivity contribution in [1.82, 2.24) is 35.6 Å². The van der Waals surface area contributed by atoms with Gasteiger partial charge < -0.3 is 40.1 Å². The van der Waals surface area contributed by atoms with Crippen LogP contribution in [0.4, 0.5) is 4.79 Å². The van der Waals surface area contributed by atoms with Crippen LogP contribution in [0.3, 0.4) is 0 Å². The molecule has 2 unspecified atom stereocenters. The van der Waals surface area contributed by atoms with Gasteiger partial charge in [-0.2, -0.15) is 0 Å². The number of fused-ring (bicyclic) bond motifs is 1. The first-order valence-electron chi connectivity index (χ1n) is 18.5. The molecule has 6 amide bonds. The largest absolute Gasteiger partial charge is 0.483 e. The van der Waals surface area contributed by atoms with Crippen LogP contribution in [-0.4, -0.2) is 125 Å². The van der Waals surface area contributed by atoms with E-state index in [0.717, 1.165) is 44.1 Å². The van der Waals surface area contributed by atoms with Gasteiger partial charge >= 0.3 is 6.09 Å². The zero-order chi connectivity index (χ0) is 36.8. The van der Waals surface area contributed by atoms with Crippen molar-refractivity contribution >= 4 is 46.5 Å². The maximum absolute atomic E-state index is 13.9. The molecule has 15 nitrogen and oxygen atoms in total. The summed E-state index contributed by atoms with van der Waals surface area (Å²) in [5, 5.41) is 9.39. The summed E-state index contributed by atoms with van der Waals surface area (Å²) < 4.78 is 11.2. The standard InChI is InChI=1S/C37H49N7O8/c1-3-51-37(50)43-18-16-42(17-19-43)36(49)27(13-14-32(45)38-25-10-11-25)41-34(47)29-21-31(26-12-9-23(2)20-28(26)40-29)52-22-33(46)44-15-5-8-30(44)35(48)39-24-6-4-7-24/h9,12,20-21,24-25,27,30H,3-8,10-11,13-19,22H2,1-2H3,(H,38,45)(H,39,48)(H,41,47). The molecular formula is C37H49N7O8. The summed E-state index contributed by atoms with van der Waals surface area (Å²) in [6, 6.07) is 5.69. The molecule has 2 saturated carbocycles. The second kappa shape index (κ2) is 16.6. The van der Waals surface area contributed by atoms with Gasteiger partial charge in [0.2, 0.25) is 17.7 Å². The predicted octanol–water partition coefficient (Wildman–Crippen LogP) is 2.04. The van der Waals surface area contributed by atoms with Crippen molar-refractivity contribution in [1.29, 1.82) is 0 Å². The summed E-state index contributed by atoms with van der Waals surface area (Å²) >= 11 is 0. The number of aryl methyl sites for hydroxylation is 1. The Bertz CT molecular complexity index is 1690. The van der Waals surface area contributed by atoms with E-state index in [2.05, 4.69) is 20.9 Å². The Hall–Kier alpha value is -4.95. The number of aromatic nitrogens is 1. The molecule has 2 aliphatic carbocycles. The lowest BCUT2D eigenvalue weighted by Crippen LogP contribution is -2.56. The normalized spacial score (nSPS) is 19.4. The van der Waals surface area contributed by atoms with Crippen LogP contribution in [0.25, 0.3) is 10.9 Å². The number of ether oxygens (including phenoxy) is 2. The van der Waals surface area contributed by atoms with Gasteiger partial charge in [0.15, 0.2) is 6.61 Å². The fraction of sp³-hybridized carbons (Fsp3) is 0.595. The summed E-state index contributed by atoms with van der Waals surface area (Å²) in [6.45, 7) is 5.05. The van der Waals surface area contributed by atoms with Crippen LogP contribution in [0.15, 0.2) is 24.3 Å². The molecule has 1 aromatic heterocycles. The fourth-order valence-corrected chi connectivity index (χ4v) is 6.79. The second-order valence-electron chi connectivity index (χ2n) is 14.1. The van der Waals surface area contributed by atoms with Gasteiger partial charge in [0.1, 0.15) is 23.5 Å². The molecular weight excluding hydrogens is 670 g/mol. The van der Waals surface area contributed by atoms with Gasteiger partial charge in [0.05, 0.1) is 12.1 Å². The number of piperazine rings is 1. The minimum atomic E-state index is -1.04. The highest BCUT2D eigenvalue weighted by molar-refractivity contribution is 6.00. The number of nitrogens with zero attached hydrogens (tertiary/aromatic N) is 4. The number of pyridine rings is 1. The van der Waals surface area contributed by atoms with Crippen LogP contribution < -0.4 is 20.7 Å². The Morgan fingerprint density at radius 3 is 2.31 bits per heavy atom. The average Bonchev–Trinajstić information content (AvgIpc) is 3.79. The second-order valence-corrected chi connectivity index (χ2v) is 14.1. The van der Waals surface area contributed by atoms with Crippen molar-refractivity contribution < 1.29 is 38.2 Å². The van der Waals surface area contributed by atoms with Crippen molar-refractivity contribution in [3.8, 4) is 5.75 Å². The summed E-state index contributed by atoms with van der Waals surface area (Å²) in [5.41, 5.74) is 1.34. The molecule has 0 radical (unpaired) electrons. The lowest BCUT2D eigenvalue weighted by atomic mass is 9.93. The van der Waals surface area contributed by atoms with E-state index in [4.69, 9.17) is 9.47 Å². The minimum absolute atomic E-state index is 0.0214. The van der Waals surface area contributed by atoms with E-state index >= 15 is 0 Å². The van der Waals surface area contributed by atoms with Gasteiger partial charge in [0.25, 0.3) is 11.8 Å². The molecule has 3 heterocycles. The monoisotopic (exact) mass is 719 g/mol.